The monoisotopic (exact) mass is 373 g/mol. The molecule has 138 valence electrons. The van der Waals surface area contributed by atoms with Crippen LogP contribution in [0.25, 0.3) is 33.5 Å². The van der Waals surface area contributed by atoms with Gasteiger partial charge in [0, 0.05) is 12.4 Å². The second kappa shape index (κ2) is 5.67. The number of hydrogen-bond donors (Lipinski definition) is 1. The number of nitrogens with one attached hydrogen (secondary N) is 1. The summed E-state index contributed by atoms with van der Waals surface area (Å²) < 4.78 is 18.3. The van der Waals surface area contributed by atoms with Crippen molar-refractivity contribution in [3.8, 4) is 17.6 Å². The van der Waals surface area contributed by atoms with E-state index in [2.05, 4.69) is 10.3 Å². The van der Waals surface area contributed by atoms with Crippen molar-refractivity contribution in [3.05, 3.63) is 47.8 Å². The van der Waals surface area contributed by atoms with Crippen molar-refractivity contribution >= 4 is 33.5 Å². The first-order valence-corrected chi connectivity index (χ1v) is 9.04. The van der Waals surface area contributed by atoms with Crippen LogP contribution < -0.4 is 5.32 Å². The minimum atomic E-state index is -0.490. The number of halogens is 1. The summed E-state index contributed by atoms with van der Waals surface area (Å²) >= 11 is 0. The number of aryl methyl sites for hydroxylation is 1. The average molecular weight is 373 g/mol. The van der Waals surface area contributed by atoms with E-state index in [1.807, 2.05) is 41.8 Å². The van der Waals surface area contributed by atoms with Crippen molar-refractivity contribution in [1.82, 2.24) is 14.1 Å². The Morgan fingerprint density at radius 2 is 2.11 bits per heavy atom. The number of amides is 1. The van der Waals surface area contributed by atoms with Gasteiger partial charge in [-0.3, -0.25) is 4.79 Å². The molecule has 28 heavy (non-hydrogen) atoms. The SMILES string of the molecule is CCC1C(=O)Nc2cccc3cc(-c4nc5cc(C#N)cc(F)c5n4C)n1c23. The molecule has 0 saturated carbocycles. The third-order valence-electron chi connectivity index (χ3n) is 5.40. The predicted octanol–water partition coefficient (Wildman–Crippen LogP) is 4.11. The highest BCUT2D eigenvalue weighted by Crippen LogP contribution is 2.40. The van der Waals surface area contributed by atoms with Crippen LogP contribution in [0.1, 0.15) is 24.9 Å². The lowest BCUT2D eigenvalue weighted by molar-refractivity contribution is -0.119. The normalized spacial score (nSPS) is 15.8. The summed E-state index contributed by atoms with van der Waals surface area (Å²) in [5, 5.41) is 13.1. The van der Waals surface area contributed by atoms with Crippen LogP contribution in [0.3, 0.4) is 0 Å². The molecule has 0 spiro atoms. The molecule has 0 saturated heterocycles. The van der Waals surface area contributed by atoms with Gasteiger partial charge in [-0.15, -0.1) is 0 Å². The molecule has 2 aromatic carbocycles. The largest absolute Gasteiger partial charge is 0.324 e. The average Bonchev–Trinajstić information content (AvgIpc) is 3.21. The Balaban J connectivity index is 1.87. The number of aromatic nitrogens is 3. The number of fused-ring (bicyclic) bond motifs is 1. The van der Waals surface area contributed by atoms with Gasteiger partial charge >= 0.3 is 0 Å². The molecule has 2 aromatic heterocycles. The number of nitriles is 1. The number of benzene rings is 2. The summed E-state index contributed by atoms with van der Waals surface area (Å²) in [6, 6.07) is 12.1. The van der Waals surface area contributed by atoms with Gasteiger partial charge in [0.25, 0.3) is 0 Å². The molecule has 1 aliphatic rings. The van der Waals surface area contributed by atoms with Crippen LogP contribution >= 0.6 is 0 Å². The smallest absolute Gasteiger partial charge is 0.247 e. The molecule has 5 rings (SSSR count). The zero-order valence-electron chi connectivity index (χ0n) is 15.3. The molecule has 7 heteroatoms. The second-order valence-electron chi connectivity index (χ2n) is 6.99. The highest BCUT2D eigenvalue weighted by atomic mass is 19.1. The molecule has 0 aliphatic carbocycles. The van der Waals surface area contributed by atoms with E-state index in [4.69, 9.17) is 5.26 Å². The fourth-order valence-corrected chi connectivity index (χ4v) is 4.17. The summed E-state index contributed by atoms with van der Waals surface area (Å²) in [6.07, 6.45) is 0.619. The number of imidazole rings is 1. The van der Waals surface area contributed by atoms with Gasteiger partial charge in [-0.25, -0.2) is 9.37 Å². The summed E-state index contributed by atoms with van der Waals surface area (Å²) in [7, 11) is 1.75. The van der Waals surface area contributed by atoms with E-state index in [-0.39, 0.29) is 17.5 Å². The molecular formula is C21H16FN5O. The van der Waals surface area contributed by atoms with Crippen LogP contribution in [-0.2, 0) is 11.8 Å². The second-order valence-corrected chi connectivity index (χ2v) is 6.99. The van der Waals surface area contributed by atoms with E-state index in [0.717, 1.165) is 22.3 Å². The van der Waals surface area contributed by atoms with E-state index in [0.29, 0.717) is 23.3 Å². The first kappa shape index (κ1) is 16.5. The van der Waals surface area contributed by atoms with E-state index in [1.54, 1.807) is 17.7 Å². The predicted molar refractivity (Wildman–Crippen MR) is 104 cm³/mol. The molecule has 0 radical (unpaired) electrons. The lowest BCUT2D eigenvalue weighted by Crippen LogP contribution is -2.30. The molecule has 1 atom stereocenters. The van der Waals surface area contributed by atoms with Crippen LogP contribution in [0.4, 0.5) is 10.1 Å². The Hall–Kier alpha value is -3.66. The Labute approximate surface area is 159 Å². The van der Waals surface area contributed by atoms with Gasteiger partial charge in [0.2, 0.25) is 5.91 Å². The van der Waals surface area contributed by atoms with Crippen molar-refractivity contribution in [2.45, 2.75) is 19.4 Å². The molecule has 0 bridgehead atoms. The maximum Gasteiger partial charge on any atom is 0.247 e. The number of nitrogens with zero attached hydrogens (tertiary/aromatic N) is 4. The molecule has 4 aromatic rings. The van der Waals surface area contributed by atoms with Crippen LogP contribution in [-0.4, -0.2) is 20.0 Å². The van der Waals surface area contributed by atoms with Crippen LogP contribution in [0.15, 0.2) is 36.4 Å². The zero-order valence-corrected chi connectivity index (χ0v) is 15.3. The molecule has 3 heterocycles. The van der Waals surface area contributed by atoms with Crippen molar-refractivity contribution in [2.24, 2.45) is 7.05 Å². The number of para-hydroxylation sites is 1. The quantitative estimate of drug-likeness (QED) is 0.574. The zero-order chi connectivity index (χ0) is 19.6. The summed E-state index contributed by atoms with van der Waals surface area (Å²) in [5.41, 5.74) is 3.43. The first-order valence-electron chi connectivity index (χ1n) is 9.04. The first-order chi connectivity index (χ1) is 13.5. The fourth-order valence-electron chi connectivity index (χ4n) is 4.17. The summed E-state index contributed by atoms with van der Waals surface area (Å²) in [4.78, 5) is 17.3. The molecule has 1 unspecified atom stereocenters. The molecule has 6 nitrogen and oxygen atoms in total. The summed E-state index contributed by atoms with van der Waals surface area (Å²) in [5.74, 6) is -0.00789. The molecule has 1 aliphatic heterocycles. The lowest BCUT2D eigenvalue weighted by Gasteiger charge is -2.26. The van der Waals surface area contributed by atoms with Gasteiger partial charge in [0.05, 0.1) is 34.0 Å². The number of carbonyl (C=O) groups is 1. The molecular weight excluding hydrogens is 357 g/mol. The number of carbonyl (C=O) groups excluding carboxylic acids is 1. The van der Waals surface area contributed by atoms with Crippen LogP contribution in [0.2, 0.25) is 0 Å². The maximum atomic E-state index is 14.6. The van der Waals surface area contributed by atoms with E-state index in [1.165, 1.54) is 6.07 Å². The van der Waals surface area contributed by atoms with Crippen LogP contribution in [0.5, 0.6) is 0 Å². The third kappa shape index (κ3) is 2.06. The molecule has 1 N–H and O–H groups in total. The van der Waals surface area contributed by atoms with Crippen LogP contribution in [0, 0.1) is 17.1 Å². The van der Waals surface area contributed by atoms with Gasteiger partial charge in [0.1, 0.15) is 17.4 Å². The standard InChI is InChI=1S/C21H16FN5O/c1-3-16-21(28)25-14-6-4-5-12-9-17(27(16)18(12)14)20-24-15-8-11(10-23)7-13(22)19(15)26(20)2/h4-9,16H,3H2,1-2H3,(H,25,28). The number of hydrogen-bond acceptors (Lipinski definition) is 3. The fraction of sp³-hybridized carbons (Fsp3) is 0.190. The highest BCUT2D eigenvalue weighted by Gasteiger charge is 2.31. The van der Waals surface area contributed by atoms with Gasteiger partial charge in [0.15, 0.2) is 5.82 Å². The Morgan fingerprint density at radius 3 is 2.86 bits per heavy atom. The Bertz CT molecular complexity index is 1340. The lowest BCUT2D eigenvalue weighted by atomic mass is 10.1. The maximum absolute atomic E-state index is 14.6. The van der Waals surface area contributed by atoms with E-state index in [9.17, 15) is 9.18 Å². The minimum Gasteiger partial charge on any atom is -0.324 e. The Morgan fingerprint density at radius 1 is 1.29 bits per heavy atom. The highest BCUT2D eigenvalue weighted by molar-refractivity contribution is 6.08. The molecule has 1 amide bonds. The van der Waals surface area contributed by atoms with Crippen molar-refractivity contribution < 1.29 is 9.18 Å². The third-order valence-corrected chi connectivity index (χ3v) is 5.40. The van der Waals surface area contributed by atoms with Gasteiger partial charge in [-0.05, 0) is 30.7 Å². The number of rotatable bonds is 2. The topological polar surface area (TPSA) is 75.6 Å². The van der Waals surface area contributed by atoms with Crippen molar-refractivity contribution in [3.63, 3.8) is 0 Å². The van der Waals surface area contributed by atoms with E-state index < -0.39 is 5.82 Å². The van der Waals surface area contributed by atoms with Crippen molar-refractivity contribution in [1.29, 1.82) is 5.26 Å². The Kier molecular flexibility index (Phi) is 3.34. The van der Waals surface area contributed by atoms with Gasteiger partial charge in [-0.1, -0.05) is 19.1 Å². The van der Waals surface area contributed by atoms with Gasteiger partial charge in [-0.2, -0.15) is 5.26 Å². The van der Waals surface area contributed by atoms with Crippen molar-refractivity contribution in [2.75, 3.05) is 5.32 Å². The van der Waals surface area contributed by atoms with E-state index >= 15 is 0 Å². The molecule has 0 fully saturated rings. The number of anilines is 1. The minimum absolute atomic E-state index is 0.0725. The summed E-state index contributed by atoms with van der Waals surface area (Å²) in [6.45, 7) is 1.96. The van der Waals surface area contributed by atoms with Gasteiger partial charge < -0.3 is 14.5 Å².